The molecule has 1 heterocycles. The molecule has 0 amide bonds. The fourth-order valence-electron chi connectivity index (χ4n) is 3.29. The minimum atomic E-state index is -0.434. The van der Waals surface area contributed by atoms with Crippen LogP contribution in [0.3, 0.4) is 0 Å². The lowest BCUT2D eigenvalue weighted by Gasteiger charge is -2.12. The van der Waals surface area contributed by atoms with Crippen LogP contribution in [-0.2, 0) is 27.2 Å². The number of carbonyl (C=O) groups excluding carboxylic acids is 2. The van der Waals surface area contributed by atoms with E-state index in [4.69, 9.17) is 18.9 Å². The zero-order valence-electron chi connectivity index (χ0n) is 17.7. The maximum atomic E-state index is 12.5. The summed E-state index contributed by atoms with van der Waals surface area (Å²) in [5.41, 5.74) is 3.23. The van der Waals surface area contributed by atoms with Crippen LogP contribution >= 0.6 is 0 Å². The molecular formula is C22H29NO6. The van der Waals surface area contributed by atoms with E-state index in [0.717, 1.165) is 17.0 Å². The lowest BCUT2D eigenvalue weighted by molar-refractivity contribution is -0.142. The van der Waals surface area contributed by atoms with Crippen molar-refractivity contribution < 1.29 is 28.5 Å². The van der Waals surface area contributed by atoms with Gasteiger partial charge in [-0.05, 0) is 38.0 Å². The van der Waals surface area contributed by atoms with Crippen LogP contribution in [-0.4, -0.2) is 50.9 Å². The molecule has 0 radical (unpaired) electrons. The Morgan fingerprint density at radius 1 is 1.07 bits per heavy atom. The first-order valence-electron chi connectivity index (χ1n) is 9.47. The summed E-state index contributed by atoms with van der Waals surface area (Å²) in [4.78, 5) is 24.6. The Labute approximate surface area is 171 Å². The van der Waals surface area contributed by atoms with Gasteiger partial charge in [-0.15, -0.1) is 0 Å². The van der Waals surface area contributed by atoms with Crippen molar-refractivity contribution in [1.29, 1.82) is 0 Å². The van der Waals surface area contributed by atoms with Gasteiger partial charge in [-0.3, -0.25) is 9.59 Å². The Morgan fingerprint density at radius 2 is 1.83 bits per heavy atom. The second-order valence-corrected chi connectivity index (χ2v) is 6.67. The summed E-state index contributed by atoms with van der Waals surface area (Å²) in [7, 11) is 4.76. The van der Waals surface area contributed by atoms with Crippen LogP contribution in [0.2, 0.25) is 0 Å². The highest BCUT2D eigenvalue weighted by Crippen LogP contribution is 2.31. The summed E-state index contributed by atoms with van der Waals surface area (Å²) in [6.07, 6.45) is 0.572. The maximum Gasteiger partial charge on any atom is 0.306 e. The average molecular weight is 403 g/mol. The normalized spacial score (nSPS) is 10.7. The predicted octanol–water partition coefficient (Wildman–Crippen LogP) is 3.13. The molecule has 0 aliphatic heterocycles. The van der Waals surface area contributed by atoms with Crippen LogP contribution in [0.5, 0.6) is 11.5 Å². The number of hydrogen-bond donors (Lipinski definition) is 0. The van der Waals surface area contributed by atoms with E-state index in [1.807, 2.05) is 36.6 Å². The lowest BCUT2D eigenvalue weighted by Crippen LogP contribution is -2.16. The van der Waals surface area contributed by atoms with Gasteiger partial charge in [0.15, 0.2) is 18.1 Å². The molecule has 2 rings (SSSR count). The first-order valence-corrected chi connectivity index (χ1v) is 9.47. The van der Waals surface area contributed by atoms with E-state index in [1.54, 1.807) is 27.4 Å². The Hall–Kier alpha value is -2.80. The predicted molar refractivity (Wildman–Crippen MR) is 109 cm³/mol. The van der Waals surface area contributed by atoms with Gasteiger partial charge in [0.05, 0.1) is 20.8 Å². The zero-order chi connectivity index (χ0) is 21.4. The highest BCUT2D eigenvalue weighted by atomic mass is 16.5. The monoisotopic (exact) mass is 403 g/mol. The summed E-state index contributed by atoms with van der Waals surface area (Å²) in [6, 6.07) is 7.32. The minimum Gasteiger partial charge on any atom is -0.493 e. The number of nitrogens with zero attached hydrogens (tertiary/aromatic N) is 1. The minimum absolute atomic E-state index is 0.143. The summed E-state index contributed by atoms with van der Waals surface area (Å²) < 4.78 is 23.0. The van der Waals surface area contributed by atoms with E-state index in [1.165, 1.54) is 0 Å². The molecule has 1 aromatic carbocycles. The van der Waals surface area contributed by atoms with Gasteiger partial charge in [-0.25, -0.2) is 0 Å². The quantitative estimate of drug-likeness (QED) is 0.424. The molecular weight excluding hydrogens is 374 g/mol. The molecule has 2 aromatic rings. The number of methoxy groups -OCH3 is 3. The molecule has 158 valence electrons. The van der Waals surface area contributed by atoms with Gasteiger partial charge in [0.25, 0.3) is 0 Å². The van der Waals surface area contributed by atoms with E-state index >= 15 is 0 Å². The first-order chi connectivity index (χ1) is 13.9. The Kier molecular flexibility index (Phi) is 8.27. The highest BCUT2D eigenvalue weighted by Gasteiger charge is 2.18. The molecule has 0 aliphatic rings. The van der Waals surface area contributed by atoms with Crippen molar-refractivity contribution in [2.45, 2.75) is 33.2 Å². The number of hydrogen-bond acceptors (Lipinski definition) is 6. The third kappa shape index (κ3) is 5.60. The molecule has 0 aliphatic carbocycles. The maximum absolute atomic E-state index is 12.5. The van der Waals surface area contributed by atoms with E-state index in [2.05, 4.69) is 0 Å². The van der Waals surface area contributed by atoms with Crippen molar-refractivity contribution in [3.05, 3.63) is 46.8 Å². The van der Waals surface area contributed by atoms with E-state index in [9.17, 15) is 9.59 Å². The fraction of sp³-hybridized carbons (Fsp3) is 0.455. The van der Waals surface area contributed by atoms with Crippen molar-refractivity contribution in [2.24, 2.45) is 0 Å². The second kappa shape index (κ2) is 10.7. The van der Waals surface area contributed by atoms with Gasteiger partial charge >= 0.3 is 5.97 Å². The fourth-order valence-corrected chi connectivity index (χ4v) is 3.29. The van der Waals surface area contributed by atoms with Gasteiger partial charge in [-0.1, -0.05) is 12.1 Å². The summed E-state index contributed by atoms with van der Waals surface area (Å²) in [5.74, 6) is 0.560. The lowest BCUT2D eigenvalue weighted by atomic mass is 10.1. The van der Waals surface area contributed by atoms with Crippen LogP contribution < -0.4 is 9.47 Å². The molecule has 0 spiro atoms. The standard InChI is InChI=1S/C22H29NO6/c1-15-13-18(16(2)23(15)11-12-26-3)19(24)14-29-21(25)10-9-17-7-6-8-20(27-4)22(17)28-5/h6-8,13H,9-12,14H2,1-5H3. The molecule has 0 saturated carbocycles. The first kappa shape index (κ1) is 22.5. The zero-order valence-corrected chi connectivity index (χ0v) is 17.7. The van der Waals surface area contributed by atoms with Crippen LogP contribution in [0, 0.1) is 13.8 Å². The Balaban J connectivity index is 1.92. The smallest absolute Gasteiger partial charge is 0.306 e. The van der Waals surface area contributed by atoms with Crippen LogP contribution in [0.1, 0.15) is 33.7 Å². The van der Waals surface area contributed by atoms with Gasteiger partial charge in [0, 0.05) is 37.0 Å². The molecule has 0 fully saturated rings. The molecule has 29 heavy (non-hydrogen) atoms. The van der Waals surface area contributed by atoms with Crippen LogP contribution in [0.15, 0.2) is 24.3 Å². The van der Waals surface area contributed by atoms with Crippen molar-refractivity contribution in [2.75, 3.05) is 34.5 Å². The van der Waals surface area contributed by atoms with Crippen LogP contribution in [0.4, 0.5) is 0 Å². The van der Waals surface area contributed by atoms with Crippen molar-refractivity contribution in [1.82, 2.24) is 4.57 Å². The molecule has 1 aromatic heterocycles. The molecule has 0 bridgehead atoms. The number of aromatic nitrogens is 1. The number of carbonyl (C=O) groups is 2. The van der Waals surface area contributed by atoms with Gasteiger partial charge in [-0.2, -0.15) is 0 Å². The largest absolute Gasteiger partial charge is 0.493 e. The number of ether oxygens (including phenoxy) is 4. The second-order valence-electron chi connectivity index (χ2n) is 6.67. The number of aryl methyl sites for hydroxylation is 2. The number of benzene rings is 1. The van der Waals surface area contributed by atoms with E-state index in [-0.39, 0.29) is 18.8 Å². The molecule has 0 atom stereocenters. The van der Waals surface area contributed by atoms with Crippen LogP contribution in [0.25, 0.3) is 0 Å². The third-order valence-electron chi connectivity index (χ3n) is 4.84. The van der Waals surface area contributed by atoms with Gasteiger partial charge < -0.3 is 23.5 Å². The summed E-state index contributed by atoms with van der Waals surface area (Å²) in [6.45, 7) is 4.78. The SMILES string of the molecule is COCCn1c(C)cc(C(=O)COC(=O)CCc2cccc(OC)c2OC)c1C. The number of para-hydroxylation sites is 1. The van der Waals surface area contributed by atoms with E-state index in [0.29, 0.717) is 36.6 Å². The summed E-state index contributed by atoms with van der Waals surface area (Å²) >= 11 is 0. The van der Waals surface area contributed by atoms with Crippen molar-refractivity contribution >= 4 is 11.8 Å². The Morgan fingerprint density at radius 3 is 2.48 bits per heavy atom. The molecule has 0 unspecified atom stereocenters. The molecule has 0 saturated heterocycles. The third-order valence-corrected chi connectivity index (χ3v) is 4.84. The summed E-state index contributed by atoms with van der Waals surface area (Å²) in [5, 5.41) is 0. The molecule has 7 heteroatoms. The van der Waals surface area contributed by atoms with E-state index < -0.39 is 5.97 Å². The molecule has 0 N–H and O–H groups in total. The molecule has 7 nitrogen and oxygen atoms in total. The highest BCUT2D eigenvalue weighted by molar-refractivity contribution is 5.99. The van der Waals surface area contributed by atoms with Gasteiger partial charge in [0.1, 0.15) is 0 Å². The number of Topliss-reactive ketones (excluding diaryl/α,β-unsaturated/α-hetero) is 1. The number of esters is 1. The van der Waals surface area contributed by atoms with Gasteiger partial charge in [0.2, 0.25) is 5.78 Å². The Bertz CT molecular complexity index is 855. The van der Waals surface area contributed by atoms with Crippen molar-refractivity contribution in [3.8, 4) is 11.5 Å². The topological polar surface area (TPSA) is 76.0 Å². The number of ketones is 1. The van der Waals surface area contributed by atoms with Crippen molar-refractivity contribution in [3.63, 3.8) is 0 Å². The number of rotatable bonds is 11. The average Bonchev–Trinajstić information content (AvgIpc) is 3.01.